The first-order valence-corrected chi connectivity index (χ1v) is 7.11. The summed E-state index contributed by atoms with van der Waals surface area (Å²) in [5.41, 5.74) is 3.42. The first kappa shape index (κ1) is 14.5. The second-order valence-electron chi connectivity index (χ2n) is 5.42. The van der Waals surface area contributed by atoms with Crippen LogP contribution in [-0.4, -0.2) is 18.6 Å². The maximum Gasteiger partial charge on any atom is 0.0562 e. The molecule has 0 fully saturated rings. The molecule has 20 heavy (non-hydrogen) atoms. The van der Waals surface area contributed by atoms with Crippen LogP contribution in [0.4, 0.5) is 11.4 Å². The van der Waals surface area contributed by atoms with Crippen LogP contribution in [0.5, 0.6) is 0 Å². The summed E-state index contributed by atoms with van der Waals surface area (Å²) in [5.74, 6) is 0.658. The van der Waals surface area contributed by atoms with E-state index >= 15 is 0 Å². The van der Waals surface area contributed by atoms with Gasteiger partial charge in [-0.25, -0.2) is 0 Å². The van der Waals surface area contributed by atoms with Crippen molar-refractivity contribution in [1.29, 1.82) is 0 Å². The number of rotatable bonds is 6. The Hall–Kier alpha value is -1.87. The molecule has 0 aliphatic heterocycles. The number of nitrogens with one attached hydrogen (secondary N) is 1. The van der Waals surface area contributed by atoms with Crippen molar-refractivity contribution < 1.29 is 0 Å². The lowest BCUT2D eigenvalue weighted by Gasteiger charge is -2.20. The molecule has 3 heteroatoms. The highest BCUT2D eigenvalue weighted by Crippen LogP contribution is 2.22. The zero-order valence-corrected chi connectivity index (χ0v) is 12.5. The summed E-state index contributed by atoms with van der Waals surface area (Å²) in [5, 5.41) is 3.43. The quantitative estimate of drug-likeness (QED) is 0.868. The molecule has 0 aliphatic rings. The van der Waals surface area contributed by atoms with E-state index in [1.807, 2.05) is 18.3 Å². The summed E-state index contributed by atoms with van der Waals surface area (Å²) < 4.78 is 0. The summed E-state index contributed by atoms with van der Waals surface area (Å²) >= 11 is 0. The van der Waals surface area contributed by atoms with Crippen molar-refractivity contribution in [2.24, 2.45) is 5.92 Å². The van der Waals surface area contributed by atoms with Gasteiger partial charge in [-0.2, -0.15) is 0 Å². The number of nitrogens with zero attached hydrogens (tertiary/aromatic N) is 2. The lowest BCUT2D eigenvalue weighted by molar-refractivity contribution is 0.548. The number of pyridine rings is 1. The van der Waals surface area contributed by atoms with Gasteiger partial charge in [0.25, 0.3) is 0 Å². The Morgan fingerprint density at radius 2 is 1.85 bits per heavy atom. The van der Waals surface area contributed by atoms with Gasteiger partial charge in [-0.3, -0.25) is 4.98 Å². The molecule has 1 heterocycles. The molecular formula is C17H23N3. The summed E-state index contributed by atoms with van der Waals surface area (Å²) in [6.07, 6.45) is 1.88. The Balaban J connectivity index is 2.05. The van der Waals surface area contributed by atoms with Crippen LogP contribution in [0.15, 0.2) is 48.7 Å². The maximum atomic E-state index is 4.42. The van der Waals surface area contributed by atoms with Crippen molar-refractivity contribution >= 4 is 11.4 Å². The highest BCUT2D eigenvalue weighted by atomic mass is 15.1. The highest BCUT2D eigenvalue weighted by Gasteiger charge is 2.05. The van der Waals surface area contributed by atoms with Crippen LogP contribution >= 0.6 is 0 Å². The molecule has 3 nitrogen and oxygen atoms in total. The molecule has 106 valence electrons. The number of aromatic nitrogens is 1. The van der Waals surface area contributed by atoms with Gasteiger partial charge in [0.1, 0.15) is 0 Å². The van der Waals surface area contributed by atoms with E-state index in [-0.39, 0.29) is 0 Å². The van der Waals surface area contributed by atoms with Gasteiger partial charge in [-0.1, -0.05) is 32.0 Å². The van der Waals surface area contributed by atoms with Crippen molar-refractivity contribution in [2.45, 2.75) is 20.4 Å². The van der Waals surface area contributed by atoms with Gasteiger partial charge in [0, 0.05) is 31.2 Å². The van der Waals surface area contributed by atoms with E-state index in [1.54, 1.807) is 0 Å². The Kier molecular flexibility index (Phi) is 5.13. The van der Waals surface area contributed by atoms with Gasteiger partial charge < -0.3 is 10.2 Å². The molecule has 0 aliphatic carbocycles. The second-order valence-corrected chi connectivity index (χ2v) is 5.42. The van der Waals surface area contributed by atoms with Crippen molar-refractivity contribution in [2.75, 3.05) is 18.5 Å². The van der Waals surface area contributed by atoms with Crippen molar-refractivity contribution in [3.05, 3.63) is 54.4 Å². The summed E-state index contributed by atoms with van der Waals surface area (Å²) in [7, 11) is 2.08. The first-order chi connectivity index (χ1) is 9.66. The van der Waals surface area contributed by atoms with Crippen LogP contribution in [0.25, 0.3) is 0 Å². The van der Waals surface area contributed by atoms with Gasteiger partial charge >= 0.3 is 0 Å². The highest BCUT2D eigenvalue weighted by molar-refractivity contribution is 5.62. The molecule has 0 saturated carbocycles. The van der Waals surface area contributed by atoms with E-state index in [1.165, 1.54) is 5.69 Å². The van der Waals surface area contributed by atoms with Crippen molar-refractivity contribution in [3.63, 3.8) is 0 Å². The minimum atomic E-state index is 0.658. The van der Waals surface area contributed by atoms with Gasteiger partial charge in [-0.05, 0) is 36.7 Å². The van der Waals surface area contributed by atoms with E-state index in [0.29, 0.717) is 5.92 Å². The molecular weight excluding hydrogens is 246 g/mol. The molecule has 0 saturated heterocycles. The number of para-hydroxylation sites is 1. The van der Waals surface area contributed by atoms with Crippen LogP contribution in [0.1, 0.15) is 19.5 Å². The SMILES string of the molecule is CC(C)CNCc1cc(N(C)c2ccccc2)ccn1. The van der Waals surface area contributed by atoms with Gasteiger partial charge in [0.15, 0.2) is 0 Å². The Morgan fingerprint density at radius 1 is 1.10 bits per heavy atom. The minimum absolute atomic E-state index is 0.658. The third kappa shape index (κ3) is 4.07. The fourth-order valence-electron chi connectivity index (χ4n) is 2.06. The van der Waals surface area contributed by atoms with E-state index in [2.05, 4.69) is 66.4 Å². The molecule has 0 radical (unpaired) electrons. The van der Waals surface area contributed by atoms with Crippen LogP contribution < -0.4 is 10.2 Å². The predicted octanol–water partition coefficient (Wildman–Crippen LogP) is 3.60. The maximum absolute atomic E-state index is 4.42. The Labute approximate surface area is 121 Å². The third-order valence-corrected chi connectivity index (χ3v) is 3.19. The zero-order chi connectivity index (χ0) is 14.4. The number of anilines is 2. The topological polar surface area (TPSA) is 28.2 Å². The second kappa shape index (κ2) is 7.06. The number of hydrogen-bond acceptors (Lipinski definition) is 3. The first-order valence-electron chi connectivity index (χ1n) is 7.11. The lowest BCUT2D eigenvalue weighted by atomic mass is 10.2. The van der Waals surface area contributed by atoms with Gasteiger partial charge in [0.2, 0.25) is 0 Å². The van der Waals surface area contributed by atoms with Crippen LogP contribution in [0.3, 0.4) is 0 Å². The van der Waals surface area contributed by atoms with Crippen molar-refractivity contribution in [3.8, 4) is 0 Å². The average Bonchev–Trinajstić information content (AvgIpc) is 2.47. The molecule has 1 aromatic heterocycles. The van der Waals surface area contributed by atoms with Crippen molar-refractivity contribution in [1.82, 2.24) is 10.3 Å². The molecule has 0 unspecified atom stereocenters. The van der Waals surface area contributed by atoms with Crippen LogP contribution in [-0.2, 0) is 6.54 Å². The van der Waals surface area contributed by atoms with Gasteiger partial charge in [-0.15, -0.1) is 0 Å². The molecule has 0 atom stereocenters. The zero-order valence-electron chi connectivity index (χ0n) is 12.5. The molecule has 0 bridgehead atoms. The van der Waals surface area contributed by atoms with Crippen LogP contribution in [0, 0.1) is 5.92 Å². The normalized spacial score (nSPS) is 10.8. The molecule has 0 spiro atoms. The monoisotopic (exact) mass is 269 g/mol. The fourth-order valence-corrected chi connectivity index (χ4v) is 2.06. The largest absolute Gasteiger partial charge is 0.345 e. The number of benzene rings is 1. The summed E-state index contributed by atoms with van der Waals surface area (Å²) in [6, 6.07) is 14.5. The summed E-state index contributed by atoms with van der Waals surface area (Å²) in [6.45, 7) is 6.25. The van der Waals surface area contributed by atoms with E-state index in [9.17, 15) is 0 Å². The standard InChI is InChI=1S/C17H23N3/c1-14(2)12-18-13-15-11-17(9-10-19-15)20(3)16-7-5-4-6-8-16/h4-11,14,18H,12-13H2,1-3H3. The lowest BCUT2D eigenvalue weighted by Crippen LogP contribution is -2.20. The summed E-state index contributed by atoms with van der Waals surface area (Å²) in [4.78, 5) is 6.60. The smallest absolute Gasteiger partial charge is 0.0562 e. The molecule has 2 rings (SSSR count). The number of hydrogen-bond donors (Lipinski definition) is 1. The Morgan fingerprint density at radius 3 is 2.55 bits per heavy atom. The fraction of sp³-hybridized carbons (Fsp3) is 0.353. The third-order valence-electron chi connectivity index (χ3n) is 3.19. The van der Waals surface area contributed by atoms with E-state index in [4.69, 9.17) is 0 Å². The Bertz CT molecular complexity index is 523. The van der Waals surface area contributed by atoms with E-state index < -0.39 is 0 Å². The van der Waals surface area contributed by atoms with Crippen LogP contribution in [0.2, 0.25) is 0 Å². The predicted molar refractivity (Wildman–Crippen MR) is 85.3 cm³/mol. The average molecular weight is 269 g/mol. The molecule has 2 aromatic rings. The molecule has 1 aromatic carbocycles. The van der Waals surface area contributed by atoms with E-state index in [0.717, 1.165) is 24.5 Å². The minimum Gasteiger partial charge on any atom is -0.345 e. The molecule has 1 N–H and O–H groups in total. The molecule has 0 amide bonds. The van der Waals surface area contributed by atoms with Gasteiger partial charge in [0.05, 0.1) is 5.69 Å².